The molecule has 6 heteroatoms. The first kappa shape index (κ1) is 11.3. The molecule has 0 radical (unpaired) electrons. The second kappa shape index (κ2) is 3.97. The van der Waals surface area contributed by atoms with Crippen LogP contribution in [0.1, 0.15) is 16.8 Å². The molecule has 1 unspecified atom stereocenters. The van der Waals surface area contributed by atoms with Crippen LogP contribution >= 0.6 is 0 Å². The van der Waals surface area contributed by atoms with Gasteiger partial charge in [0.25, 0.3) is 0 Å². The van der Waals surface area contributed by atoms with E-state index in [1.54, 1.807) is 0 Å². The number of carbonyl (C=O) groups excluding carboxylic acids is 2. The molecule has 0 bridgehead atoms. The van der Waals surface area contributed by atoms with E-state index in [0.717, 1.165) is 12.1 Å². The van der Waals surface area contributed by atoms with Crippen molar-refractivity contribution in [2.45, 2.75) is 6.42 Å². The molecule has 1 aromatic rings. The molecule has 0 aliphatic carbocycles. The highest BCUT2D eigenvalue weighted by Gasteiger charge is 2.34. The Morgan fingerprint density at radius 2 is 2.12 bits per heavy atom. The van der Waals surface area contributed by atoms with Crippen LogP contribution in [0, 0.1) is 11.7 Å². The number of benzene rings is 1. The average molecular weight is 237 g/mol. The SMILES string of the molecule is O=C1CC(C(=O)O)C(=O)c2cc(F)ccc2N1. The maximum absolute atomic E-state index is 13.0. The molecule has 2 rings (SSSR count). The summed E-state index contributed by atoms with van der Waals surface area (Å²) in [6, 6.07) is 3.26. The van der Waals surface area contributed by atoms with Crippen LogP contribution < -0.4 is 5.32 Å². The number of Topliss-reactive ketones (excluding diaryl/α,β-unsaturated/α-hetero) is 1. The molecular formula is C11H8FNO4. The summed E-state index contributed by atoms with van der Waals surface area (Å²) in [5.74, 6) is -4.83. The van der Waals surface area contributed by atoms with Gasteiger partial charge in [0, 0.05) is 12.0 Å². The fourth-order valence-electron chi connectivity index (χ4n) is 1.70. The second-order valence-electron chi connectivity index (χ2n) is 3.70. The third-order valence-corrected chi connectivity index (χ3v) is 2.53. The molecule has 0 fully saturated rings. The Labute approximate surface area is 95.2 Å². The highest BCUT2D eigenvalue weighted by molar-refractivity contribution is 6.16. The quantitative estimate of drug-likeness (QED) is 0.715. The number of rotatable bonds is 1. The zero-order chi connectivity index (χ0) is 12.6. The number of halogens is 1. The molecule has 1 amide bonds. The maximum Gasteiger partial charge on any atom is 0.314 e. The Morgan fingerprint density at radius 1 is 1.41 bits per heavy atom. The molecule has 0 spiro atoms. The van der Waals surface area contributed by atoms with E-state index in [2.05, 4.69) is 5.32 Å². The summed E-state index contributed by atoms with van der Waals surface area (Å²) in [5, 5.41) is 11.2. The third kappa shape index (κ3) is 2.01. The molecular weight excluding hydrogens is 229 g/mol. The average Bonchev–Trinajstić information content (AvgIpc) is 2.38. The smallest absolute Gasteiger partial charge is 0.314 e. The van der Waals surface area contributed by atoms with Gasteiger partial charge in [-0.25, -0.2) is 4.39 Å². The lowest BCUT2D eigenvalue weighted by molar-refractivity contribution is -0.141. The molecule has 0 saturated heterocycles. The number of aliphatic carboxylic acids is 1. The van der Waals surface area contributed by atoms with E-state index in [4.69, 9.17) is 5.11 Å². The van der Waals surface area contributed by atoms with Crippen LogP contribution in [0.15, 0.2) is 18.2 Å². The van der Waals surface area contributed by atoms with Gasteiger partial charge in [-0.3, -0.25) is 14.4 Å². The van der Waals surface area contributed by atoms with Gasteiger partial charge in [0.15, 0.2) is 5.78 Å². The summed E-state index contributed by atoms with van der Waals surface area (Å²) in [6.07, 6.45) is -0.440. The number of carboxylic acid groups (broad SMARTS) is 1. The molecule has 88 valence electrons. The van der Waals surface area contributed by atoms with Crippen LogP contribution in [0.3, 0.4) is 0 Å². The zero-order valence-electron chi connectivity index (χ0n) is 8.57. The summed E-state index contributed by atoms with van der Waals surface area (Å²) in [4.78, 5) is 34.1. The lowest BCUT2D eigenvalue weighted by Crippen LogP contribution is -2.25. The van der Waals surface area contributed by atoms with E-state index >= 15 is 0 Å². The van der Waals surface area contributed by atoms with Gasteiger partial charge in [-0.15, -0.1) is 0 Å². The van der Waals surface area contributed by atoms with Crippen LogP contribution in [0.2, 0.25) is 0 Å². The minimum absolute atomic E-state index is 0.108. The first-order valence-corrected chi connectivity index (χ1v) is 4.85. The number of amides is 1. The van der Waals surface area contributed by atoms with E-state index in [0.29, 0.717) is 0 Å². The van der Waals surface area contributed by atoms with E-state index in [1.165, 1.54) is 6.07 Å². The van der Waals surface area contributed by atoms with Crippen molar-refractivity contribution in [1.29, 1.82) is 0 Å². The molecule has 1 aliphatic heterocycles. The predicted molar refractivity (Wildman–Crippen MR) is 55.1 cm³/mol. The Morgan fingerprint density at radius 3 is 2.76 bits per heavy atom. The van der Waals surface area contributed by atoms with Crippen molar-refractivity contribution in [3.63, 3.8) is 0 Å². The van der Waals surface area contributed by atoms with E-state index in [-0.39, 0.29) is 11.3 Å². The largest absolute Gasteiger partial charge is 0.481 e. The minimum atomic E-state index is -1.46. The minimum Gasteiger partial charge on any atom is -0.481 e. The molecule has 5 nitrogen and oxygen atoms in total. The predicted octanol–water partition coefficient (Wildman–Crippen LogP) is 1.05. The van der Waals surface area contributed by atoms with Gasteiger partial charge in [-0.1, -0.05) is 0 Å². The molecule has 1 aliphatic rings. The van der Waals surface area contributed by atoms with E-state index < -0.39 is 35.8 Å². The summed E-state index contributed by atoms with van der Waals surface area (Å²) >= 11 is 0. The third-order valence-electron chi connectivity index (χ3n) is 2.53. The number of hydrogen-bond donors (Lipinski definition) is 2. The van der Waals surface area contributed by atoms with Crippen LogP contribution in [0.4, 0.5) is 10.1 Å². The fourth-order valence-corrected chi connectivity index (χ4v) is 1.70. The molecule has 0 aromatic heterocycles. The van der Waals surface area contributed by atoms with Crippen LogP contribution in [0.25, 0.3) is 0 Å². The first-order chi connectivity index (χ1) is 7.99. The van der Waals surface area contributed by atoms with Crippen LogP contribution in [-0.2, 0) is 9.59 Å². The summed E-state index contributed by atoms with van der Waals surface area (Å²) < 4.78 is 13.0. The lowest BCUT2D eigenvalue weighted by atomic mass is 9.95. The maximum atomic E-state index is 13.0. The molecule has 1 aromatic carbocycles. The molecule has 2 N–H and O–H groups in total. The topological polar surface area (TPSA) is 83.5 Å². The highest BCUT2D eigenvalue weighted by Crippen LogP contribution is 2.26. The Balaban J connectivity index is 2.55. The van der Waals surface area contributed by atoms with Gasteiger partial charge in [-0.05, 0) is 18.2 Å². The van der Waals surface area contributed by atoms with Gasteiger partial charge in [0.2, 0.25) is 5.91 Å². The summed E-state index contributed by atoms with van der Waals surface area (Å²) in [6.45, 7) is 0. The normalized spacial score (nSPS) is 19.2. The molecule has 1 atom stereocenters. The molecule has 1 heterocycles. The van der Waals surface area contributed by atoms with Crippen molar-refractivity contribution >= 4 is 23.3 Å². The van der Waals surface area contributed by atoms with Gasteiger partial charge in [0.1, 0.15) is 11.7 Å². The number of nitrogens with one attached hydrogen (secondary N) is 1. The number of fused-ring (bicyclic) bond motifs is 1. The summed E-state index contributed by atoms with van der Waals surface area (Å²) in [5.41, 5.74) is 0.0356. The van der Waals surface area contributed by atoms with Crippen molar-refractivity contribution in [3.8, 4) is 0 Å². The standard InChI is InChI=1S/C11H8FNO4/c12-5-1-2-8-6(3-5)10(15)7(11(16)17)4-9(14)13-8/h1-3,7H,4H2,(H,13,14)(H,16,17). The summed E-state index contributed by atoms with van der Waals surface area (Å²) in [7, 11) is 0. The fraction of sp³-hybridized carbons (Fsp3) is 0.182. The lowest BCUT2D eigenvalue weighted by Gasteiger charge is -2.06. The monoisotopic (exact) mass is 237 g/mol. The van der Waals surface area contributed by atoms with Crippen LogP contribution in [0.5, 0.6) is 0 Å². The van der Waals surface area contributed by atoms with Gasteiger partial charge >= 0.3 is 5.97 Å². The first-order valence-electron chi connectivity index (χ1n) is 4.85. The molecule has 0 saturated carbocycles. The van der Waals surface area contributed by atoms with Gasteiger partial charge in [0.05, 0.1) is 5.69 Å². The van der Waals surface area contributed by atoms with Crippen molar-refractivity contribution in [2.75, 3.05) is 5.32 Å². The Hall–Kier alpha value is -2.24. The van der Waals surface area contributed by atoms with Crippen molar-refractivity contribution in [2.24, 2.45) is 5.92 Å². The van der Waals surface area contributed by atoms with Gasteiger partial charge < -0.3 is 10.4 Å². The number of ketones is 1. The highest BCUT2D eigenvalue weighted by atomic mass is 19.1. The number of carboxylic acids is 1. The number of hydrogen-bond acceptors (Lipinski definition) is 3. The molecule has 17 heavy (non-hydrogen) atoms. The zero-order valence-corrected chi connectivity index (χ0v) is 8.57. The van der Waals surface area contributed by atoms with Crippen molar-refractivity contribution < 1.29 is 23.9 Å². The Bertz CT molecular complexity index is 526. The van der Waals surface area contributed by atoms with E-state index in [9.17, 15) is 18.8 Å². The van der Waals surface area contributed by atoms with Crippen molar-refractivity contribution in [1.82, 2.24) is 0 Å². The van der Waals surface area contributed by atoms with Crippen LogP contribution in [-0.4, -0.2) is 22.8 Å². The van der Waals surface area contributed by atoms with Gasteiger partial charge in [-0.2, -0.15) is 0 Å². The number of anilines is 1. The Kier molecular flexibility index (Phi) is 2.63. The number of carbonyl (C=O) groups is 3. The van der Waals surface area contributed by atoms with E-state index in [1.807, 2.05) is 0 Å². The van der Waals surface area contributed by atoms with Crippen molar-refractivity contribution in [3.05, 3.63) is 29.6 Å². The second-order valence-corrected chi connectivity index (χ2v) is 3.70.